The molecule has 1 N–H and O–H groups in total. The van der Waals surface area contributed by atoms with Gasteiger partial charge in [0.05, 0.1) is 5.60 Å². The van der Waals surface area contributed by atoms with Crippen LogP contribution < -0.4 is 5.32 Å². The van der Waals surface area contributed by atoms with E-state index in [2.05, 4.69) is 19.2 Å². The fourth-order valence-corrected chi connectivity index (χ4v) is 4.19. The van der Waals surface area contributed by atoms with Crippen molar-refractivity contribution in [1.82, 2.24) is 5.32 Å². The number of likely N-dealkylation sites (N-methyl/N-ethyl adjacent to an activating group) is 1. The van der Waals surface area contributed by atoms with Crippen molar-refractivity contribution >= 4 is 0 Å². The second-order valence-electron chi connectivity index (χ2n) is 6.53. The van der Waals surface area contributed by atoms with Crippen LogP contribution in [0.15, 0.2) is 0 Å². The zero-order chi connectivity index (χ0) is 13.0. The highest BCUT2D eigenvalue weighted by molar-refractivity contribution is 5.00. The Kier molecular flexibility index (Phi) is 5.08. The van der Waals surface area contributed by atoms with Crippen LogP contribution >= 0.6 is 0 Å². The van der Waals surface area contributed by atoms with Crippen molar-refractivity contribution in [1.29, 1.82) is 0 Å². The maximum atomic E-state index is 6.09. The summed E-state index contributed by atoms with van der Waals surface area (Å²) in [5.41, 5.74) is 0.123. The molecule has 1 atom stereocenters. The lowest BCUT2D eigenvalue weighted by molar-refractivity contribution is -0.0874. The molecule has 2 saturated carbocycles. The predicted molar refractivity (Wildman–Crippen MR) is 76.8 cm³/mol. The van der Waals surface area contributed by atoms with Crippen molar-refractivity contribution in [2.45, 2.75) is 76.9 Å². The predicted octanol–water partition coefficient (Wildman–Crippen LogP) is 3.75. The second-order valence-corrected chi connectivity index (χ2v) is 6.53. The molecule has 0 aromatic carbocycles. The van der Waals surface area contributed by atoms with Gasteiger partial charge in [-0.25, -0.2) is 0 Å². The van der Waals surface area contributed by atoms with E-state index in [4.69, 9.17) is 4.74 Å². The van der Waals surface area contributed by atoms with Crippen LogP contribution in [0.4, 0.5) is 0 Å². The van der Waals surface area contributed by atoms with E-state index in [1.807, 2.05) is 7.11 Å². The average molecular weight is 253 g/mol. The Morgan fingerprint density at radius 1 is 1.17 bits per heavy atom. The Hall–Kier alpha value is -0.0800. The first kappa shape index (κ1) is 14.3. The van der Waals surface area contributed by atoms with Gasteiger partial charge in [0.15, 0.2) is 0 Å². The Balaban J connectivity index is 2.10. The highest BCUT2D eigenvalue weighted by Gasteiger charge is 2.45. The highest BCUT2D eigenvalue weighted by atomic mass is 16.5. The number of nitrogens with one attached hydrogen (secondary N) is 1. The van der Waals surface area contributed by atoms with Crippen LogP contribution in [0, 0.1) is 11.8 Å². The van der Waals surface area contributed by atoms with E-state index in [0.29, 0.717) is 6.04 Å². The third-order valence-electron chi connectivity index (χ3n) is 5.39. The molecule has 2 rings (SSSR count). The van der Waals surface area contributed by atoms with Gasteiger partial charge in [0, 0.05) is 13.2 Å². The molecule has 2 heteroatoms. The van der Waals surface area contributed by atoms with Crippen LogP contribution in [-0.4, -0.2) is 25.3 Å². The molecule has 2 nitrogen and oxygen atoms in total. The van der Waals surface area contributed by atoms with Crippen LogP contribution in [0.1, 0.15) is 65.2 Å². The summed E-state index contributed by atoms with van der Waals surface area (Å²) in [4.78, 5) is 0. The summed E-state index contributed by atoms with van der Waals surface area (Å²) in [5.74, 6) is 1.73. The van der Waals surface area contributed by atoms with E-state index < -0.39 is 0 Å². The molecule has 0 spiro atoms. The first-order valence-corrected chi connectivity index (χ1v) is 8.00. The van der Waals surface area contributed by atoms with Gasteiger partial charge in [-0.15, -0.1) is 0 Å². The fourth-order valence-electron chi connectivity index (χ4n) is 4.19. The quantitative estimate of drug-likeness (QED) is 0.805. The van der Waals surface area contributed by atoms with Gasteiger partial charge < -0.3 is 10.1 Å². The van der Waals surface area contributed by atoms with Gasteiger partial charge in [0.1, 0.15) is 0 Å². The van der Waals surface area contributed by atoms with Gasteiger partial charge >= 0.3 is 0 Å². The first-order chi connectivity index (χ1) is 8.72. The molecule has 0 aromatic rings. The zero-order valence-electron chi connectivity index (χ0n) is 12.5. The van der Waals surface area contributed by atoms with Crippen molar-refractivity contribution in [3.8, 4) is 0 Å². The average Bonchev–Trinajstić information content (AvgIpc) is 2.91. The Morgan fingerprint density at radius 3 is 2.28 bits per heavy atom. The minimum Gasteiger partial charge on any atom is -0.377 e. The van der Waals surface area contributed by atoms with Gasteiger partial charge in [-0.05, 0) is 56.9 Å². The molecule has 2 fully saturated rings. The maximum Gasteiger partial charge on any atom is 0.0833 e. The molecule has 0 amide bonds. The molecule has 1 unspecified atom stereocenters. The lowest BCUT2D eigenvalue weighted by Gasteiger charge is -2.46. The van der Waals surface area contributed by atoms with Crippen LogP contribution in [0.2, 0.25) is 0 Å². The summed E-state index contributed by atoms with van der Waals surface area (Å²) in [7, 11) is 1.94. The summed E-state index contributed by atoms with van der Waals surface area (Å²) in [6, 6.07) is 0.586. The van der Waals surface area contributed by atoms with Crippen LogP contribution in [0.5, 0.6) is 0 Å². The molecule has 0 aliphatic heterocycles. The number of hydrogen-bond acceptors (Lipinski definition) is 2. The first-order valence-electron chi connectivity index (χ1n) is 8.00. The van der Waals surface area contributed by atoms with Crippen molar-refractivity contribution in [3.63, 3.8) is 0 Å². The molecular formula is C16H31NO. The number of hydrogen-bond donors (Lipinski definition) is 1. The summed E-state index contributed by atoms with van der Waals surface area (Å²) in [6.45, 7) is 5.69. The maximum absolute atomic E-state index is 6.09. The van der Waals surface area contributed by atoms with Gasteiger partial charge in [0.25, 0.3) is 0 Å². The lowest BCUT2D eigenvalue weighted by atomic mass is 9.71. The van der Waals surface area contributed by atoms with Gasteiger partial charge in [-0.2, -0.15) is 0 Å². The summed E-state index contributed by atoms with van der Waals surface area (Å²) >= 11 is 0. The molecule has 2 aliphatic rings. The van der Waals surface area contributed by atoms with Gasteiger partial charge in [0.2, 0.25) is 0 Å². The third kappa shape index (κ3) is 2.91. The van der Waals surface area contributed by atoms with Crippen LogP contribution in [-0.2, 0) is 4.74 Å². The van der Waals surface area contributed by atoms with Crippen molar-refractivity contribution in [3.05, 3.63) is 0 Å². The minimum absolute atomic E-state index is 0.123. The Bertz CT molecular complexity index is 239. The van der Waals surface area contributed by atoms with E-state index in [9.17, 15) is 0 Å². The standard InChI is InChI=1S/C16H31NO/c1-4-17-15(14-7-5-6-8-14)16(18-3)11-9-13(2)10-12-16/h13-15,17H,4-12H2,1-3H3. The largest absolute Gasteiger partial charge is 0.377 e. The molecule has 0 bridgehead atoms. The molecule has 0 radical (unpaired) electrons. The molecule has 106 valence electrons. The zero-order valence-corrected chi connectivity index (χ0v) is 12.5. The van der Waals surface area contributed by atoms with E-state index in [-0.39, 0.29) is 5.60 Å². The topological polar surface area (TPSA) is 21.3 Å². The molecular weight excluding hydrogens is 222 g/mol. The molecule has 0 aromatic heterocycles. The fraction of sp³-hybridized carbons (Fsp3) is 1.00. The smallest absolute Gasteiger partial charge is 0.0833 e. The molecule has 0 heterocycles. The van der Waals surface area contributed by atoms with E-state index >= 15 is 0 Å². The van der Waals surface area contributed by atoms with E-state index in [1.54, 1.807) is 0 Å². The highest BCUT2D eigenvalue weighted by Crippen LogP contribution is 2.42. The van der Waals surface area contributed by atoms with Gasteiger partial charge in [-0.1, -0.05) is 26.7 Å². The minimum atomic E-state index is 0.123. The van der Waals surface area contributed by atoms with E-state index in [0.717, 1.165) is 18.4 Å². The number of ether oxygens (including phenoxy) is 1. The monoisotopic (exact) mass is 253 g/mol. The SMILES string of the molecule is CCNC(C1CCCC1)C1(OC)CCC(C)CC1. The summed E-state index contributed by atoms with van der Waals surface area (Å²) in [6.07, 6.45) is 10.8. The normalized spacial score (nSPS) is 35.8. The molecule has 2 aliphatic carbocycles. The second kappa shape index (κ2) is 6.38. The van der Waals surface area contributed by atoms with Crippen LogP contribution in [0.3, 0.4) is 0 Å². The molecule has 0 saturated heterocycles. The van der Waals surface area contributed by atoms with E-state index in [1.165, 1.54) is 51.4 Å². The number of rotatable bonds is 5. The Morgan fingerprint density at radius 2 is 1.78 bits per heavy atom. The summed E-state index contributed by atoms with van der Waals surface area (Å²) in [5, 5.41) is 3.78. The molecule has 18 heavy (non-hydrogen) atoms. The van der Waals surface area contributed by atoms with Crippen molar-refractivity contribution in [2.24, 2.45) is 11.8 Å². The Labute approximate surface area is 113 Å². The van der Waals surface area contributed by atoms with Crippen molar-refractivity contribution < 1.29 is 4.74 Å². The van der Waals surface area contributed by atoms with Gasteiger partial charge in [-0.3, -0.25) is 0 Å². The number of methoxy groups -OCH3 is 1. The van der Waals surface area contributed by atoms with Crippen LogP contribution in [0.25, 0.3) is 0 Å². The van der Waals surface area contributed by atoms with Crippen molar-refractivity contribution in [2.75, 3.05) is 13.7 Å². The summed E-state index contributed by atoms with van der Waals surface area (Å²) < 4.78 is 6.09. The lowest BCUT2D eigenvalue weighted by Crippen LogP contribution is -2.57. The third-order valence-corrected chi connectivity index (χ3v) is 5.39.